The number of rotatable bonds is 3. The van der Waals surface area contributed by atoms with Crippen LogP contribution in [0.1, 0.15) is 22.7 Å². The van der Waals surface area contributed by atoms with Gasteiger partial charge in [-0.25, -0.2) is 8.78 Å². The van der Waals surface area contributed by atoms with Crippen molar-refractivity contribution in [1.82, 2.24) is 0 Å². The maximum absolute atomic E-state index is 13.1. The van der Waals surface area contributed by atoms with Crippen LogP contribution in [-0.4, -0.2) is 17.6 Å². The molecule has 1 aromatic carbocycles. The highest BCUT2D eigenvalue weighted by atomic mass is 19.3. The van der Waals surface area contributed by atoms with Gasteiger partial charge < -0.3 is 10.8 Å². The topological polar surface area (TPSA) is 46.2 Å². The molecule has 0 amide bonds. The molecule has 0 aromatic heterocycles. The second-order valence-corrected chi connectivity index (χ2v) is 3.76. The third-order valence-electron chi connectivity index (χ3n) is 2.43. The number of benzene rings is 1. The second kappa shape index (κ2) is 4.24. The molecular weight excluding hydrogens is 200 g/mol. The zero-order chi connectivity index (χ0) is 11.6. The van der Waals surface area contributed by atoms with Crippen molar-refractivity contribution in [3.05, 3.63) is 34.9 Å². The zero-order valence-electron chi connectivity index (χ0n) is 8.80. The van der Waals surface area contributed by atoms with Gasteiger partial charge in [0.1, 0.15) is 6.61 Å². The van der Waals surface area contributed by atoms with Gasteiger partial charge in [-0.2, -0.15) is 0 Å². The minimum absolute atomic E-state index is 0.375. The predicted molar refractivity (Wildman–Crippen MR) is 54.9 cm³/mol. The average Bonchev–Trinajstić information content (AvgIpc) is 2.17. The van der Waals surface area contributed by atoms with E-state index in [1.54, 1.807) is 25.1 Å². The van der Waals surface area contributed by atoms with Crippen LogP contribution in [0.25, 0.3) is 0 Å². The second-order valence-electron chi connectivity index (χ2n) is 3.76. The Labute approximate surface area is 87.7 Å². The summed E-state index contributed by atoms with van der Waals surface area (Å²) >= 11 is 0. The zero-order valence-corrected chi connectivity index (χ0v) is 8.80. The first-order valence-electron chi connectivity index (χ1n) is 4.70. The SMILES string of the molecule is Cc1ccc([C@H](N)C(F)(F)CO)c(C)c1. The molecule has 0 unspecified atom stereocenters. The van der Waals surface area contributed by atoms with Crippen LogP contribution < -0.4 is 5.73 Å². The average molecular weight is 215 g/mol. The monoisotopic (exact) mass is 215 g/mol. The summed E-state index contributed by atoms with van der Waals surface area (Å²) in [5.74, 6) is -3.28. The Morgan fingerprint density at radius 3 is 2.47 bits per heavy atom. The summed E-state index contributed by atoms with van der Waals surface area (Å²) in [6.45, 7) is 2.38. The molecule has 0 bridgehead atoms. The first-order chi connectivity index (χ1) is 6.88. The summed E-state index contributed by atoms with van der Waals surface area (Å²) in [5.41, 5.74) is 7.51. The van der Waals surface area contributed by atoms with E-state index < -0.39 is 18.6 Å². The van der Waals surface area contributed by atoms with E-state index in [1.807, 2.05) is 6.92 Å². The van der Waals surface area contributed by atoms with E-state index in [0.29, 0.717) is 5.56 Å². The van der Waals surface area contributed by atoms with Crippen LogP contribution in [0, 0.1) is 13.8 Å². The van der Waals surface area contributed by atoms with E-state index in [0.717, 1.165) is 11.1 Å². The molecular formula is C11H15F2NO. The van der Waals surface area contributed by atoms with Crippen LogP contribution in [0.2, 0.25) is 0 Å². The Balaban J connectivity index is 3.06. The maximum atomic E-state index is 13.1. The molecule has 2 nitrogen and oxygen atoms in total. The number of aliphatic hydroxyl groups excluding tert-OH is 1. The maximum Gasteiger partial charge on any atom is 0.289 e. The van der Waals surface area contributed by atoms with Crippen molar-refractivity contribution >= 4 is 0 Å². The van der Waals surface area contributed by atoms with Gasteiger partial charge in [-0.15, -0.1) is 0 Å². The third kappa shape index (κ3) is 2.52. The predicted octanol–water partition coefficient (Wildman–Crippen LogP) is 1.93. The number of hydrogen-bond donors (Lipinski definition) is 2. The lowest BCUT2D eigenvalue weighted by Gasteiger charge is -2.23. The molecule has 0 aliphatic rings. The molecule has 0 radical (unpaired) electrons. The van der Waals surface area contributed by atoms with E-state index in [9.17, 15) is 8.78 Å². The molecule has 1 aromatic rings. The summed E-state index contributed by atoms with van der Waals surface area (Å²) in [7, 11) is 0. The number of aliphatic hydroxyl groups is 1. The Morgan fingerprint density at radius 2 is 2.00 bits per heavy atom. The van der Waals surface area contributed by atoms with Crippen molar-refractivity contribution in [2.75, 3.05) is 6.61 Å². The minimum atomic E-state index is -3.28. The van der Waals surface area contributed by atoms with Crippen LogP contribution in [-0.2, 0) is 0 Å². The quantitative estimate of drug-likeness (QED) is 0.809. The highest BCUT2D eigenvalue weighted by Crippen LogP contribution is 2.30. The third-order valence-corrected chi connectivity index (χ3v) is 2.43. The van der Waals surface area contributed by atoms with E-state index in [4.69, 9.17) is 10.8 Å². The van der Waals surface area contributed by atoms with Gasteiger partial charge in [-0.3, -0.25) is 0 Å². The standard InChI is InChI=1S/C11H15F2NO/c1-7-3-4-9(8(2)5-7)10(14)11(12,13)6-15/h3-5,10,15H,6,14H2,1-2H3/t10-/m0/s1. The lowest BCUT2D eigenvalue weighted by Crippen LogP contribution is -2.36. The largest absolute Gasteiger partial charge is 0.390 e. The first-order valence-corrected chi connectivity index (χ1v) is 4.70. The summed E-state index contributed by atoms with van der Waals surface area (Å²) in [6, 6.07) is 3.65. The van der Waals surface area contributed by atoms with Gasteiger partial charge in [0.2, 0.25) is 0 Å². The molecule has 0 spiro atoms. The lowest BCUT2D eigenvalue weighted by atomic mass is 9.96. The molecule has 3 N–H and O–H groups in total. The van der Waals surface area contributed by atoms with Gasteiger partial charge in [0.15, 0.2) is 0 Å². The van der Waals surface area contributed by atoms with Gasteiger partial charge >= 0.3 is 0 Å². The highest BCUT2D eigenvalue weighted by Gasteiger charge is 2.37. The van der Waals surface area contributed by atoms with E-state index in [2.05, 4.69) is 0 Å². The molecule has 0 aliphatic heterocycles. The van der Waals surface area contributed by atoms with Crippen molar-refractivity contribution in [3.8, 4) is 0 Å². The Bertz CT molecular complexity index is 352. The Kier molecular flexibility index (Phi) is 3.42. The number of aryl methyl sites for hydroxylation is 2. The van der Waals surface area contributed by atoms with Crippen molar-refractivity contribution in [2.45, 2.75) is 25.8 Å². The number of alkyl halides is 2. The van der Waals surface area contributed by atoms with Crippen LogP contribution in [0.3, 0.4) is 0 Å². The number of hydrogen-bond acceptors (Lipinski definition) is 2. The molecule has 4 heteroatoms. The van der Waals surface area contributed by atoms with Crippen molar-refractivity contribution in [1.29, 1.82) is 0 Å². The van der Waals surface area contributed by atoms with Crippen LogP contribution in [0.5, 0.6) is 0 Å². The van der Waals surface area contributed by atoms with Crippen LogP contribution in [0.4, 0.5) is 8.78 Å². The normalized spacial score (nSPS) is 14.0. The molecule has 1 rings (SSSR count). The Hall–Kier alpha value is -1.00. The van der Waals surface area contributed by atoms with Crippen molar-refractivity contribution in [2.24, 2.45) is 5.73 Å². The molecule has 0 heterocycles. The van der Waals surface area contributed by atoms with Crippen molar-refractivity contribution < 1.29 is 13.9 Å². The first kappa shape index (κ1) is 12.1. The molecule has 0 aliphatic carbocycles. The summed E-state index contributed by atoms with van der Waals surface area (Å²) in [6.07, 6.45) is 0. The number of nitrogens with two attached hydrogens (primary N) is 1. The fourth-order valence-corrected chi connectivity index (χ4v) is 1.50. The van der Waals surface area contributed by atoms with Crippen LogP contribution >= 0.6 is 0 Å². The van der Waals surface area contributed by atoms with Gasteiger partial charge in [-0.05, 0) is 25.0 Å². The molecule has 84 valence electrons. The highest BCUT2D eigenvalue weighted by molar-refractivity contribution is 5.33. The van der Waals surface area contributed by atoms with E-state index >= 15 is 0 Å². The van der Waals surface area contributed by atoms with E-state index in [1.165, 1.54) is 0 Å². The Morgan fingerprint density at radius 1 is 1.40 bits per heavy atom. The van der Waals surface area contributed by atoms with Gasteiger partial charge in [-0.1, -0.05) is 23.8 Å². The molecule has 1 atom stereocenters. The fourth-order valence-electron chi connectivity index (χ4n) is 1.50. The molecule has 0 saturated heterocycles. The number of halogens is 2. The lowest BCUT2D eigenvalue weighted by molar-refractivity contribution is -0.0713. The van der Waals surface area contributed by atoms with E-state index in [-0.39, 0.29) is 0 Å². The smallest absolute Gasteiger partial charge is 0.289 e. The minimum Gasteiger partial charge on any atom is -0.390 e. The summed E-state index contributed by atoms with van der Waals surface area (Å²) in [5, 5.41) is 8.54. The molecule has 0 fully saturated rings. The van der Waals surface area contributed by atoms with Crippen molar-refractivity contribution in [3.63, 3.8) is 0 Å². The molecule has 15 heavy (non-hydrogen) atoms. The van der Waals surface area contributed by atoms with Gasteiger partial charge in [0, 0.05) is 0 Å². The summed E-state index contributed by atoms with van der Waals surface area (Å²) in [4.78, 5) is 0. The van der Waals surface area contributed by atoms with Crippen LogP contribution in [0.15, 0.2) is 18.2 Å². The molecule has 0 saturated carbocycles. The summed E-state index contributed by atoms with van der Waals surface area (Å²) < 4.78 is 26.3. The fraction of sp³-hybridized carbons (Fsp3) is 0.455. The van der Waals surface area contributed by atoms with Gasteiger partial charge in [0.25, 0.3) is 5.92 Å². The van der Waals surface area contributed by atoms with Gasteiger partial charge in [0.05, 0.1) is 6.04 Å².